The van der Waals surface area contributed by atoms with Gasteiger partial charge in [-0.2, -0.15) is 0 Å². The number of pyridine rings is 1. The molecule has 102 valence electrons. The number of aromatic nitrogens is 1. The largest absolute Gasteiger partial charge is 0.321 e. The molecule has 2 aromatic rings. The minimum absolute atomic E-state index is 0.0106. The molecule has 0 radical (unpaired) electrons. The quantitative estimate of drug-likeness (QED) is 0.695. The molecular weight excluding hydrogens is 282 g/mol. The average Bonchev–Trinajstić information content (AvgIpc) is 2.41. The van der Waals surface area contributed by atoms with E-state index in [2.05, 4.69) is 10.3 Å². The number of nitrogens with zero attached hydrogens (tertiary/aromatic N) is 2. The van der Waals surface area contributed by atoms with Crippen molar-refractivity contribution in [3.8, 4) is 0 Å². The topological polar surface area (TPSA) is 85.1 Å². The number of halogens is 1. The number of nitro benzene ring substituents is 1. The third-order valence-corrected chi connectivity index (χ3v) is 2.89. The lowest BCUT2D eigenvalue weighted by molar-refractivity contribution is -0.384. The second-order valence-corrected chi connectivity index (χ2v) is 4.47. The third-order valence-electron chi connectivity index (χ3n) is 2.57. The Kier molecular flexibility index (Phi) is 3.95. The molecule has 1 aromatic carbocycles. The van der Waals surface area contributed by atoms with Crippen LogP contribution in [-0.2, 0) is 0 Å². The van der Waals surface area contributed by atoms with Crippen molar-refractivity contribution in [1.29, 1.82) is 0 Å². The molecule has 0 saturated carbocycles. The first-order chi connectivity index (χ1) is 9.47. The SMILES string of the molecule is Cc1ccc(NC(=O)c2ccc(Cl)c([N+](=O)[O-])c2)cn1. The highest BCUT2D eigenvalue weighted by Gasteiger charge is 2.16. The monoisotopic (exact) mass is 291 g/mol. The van der Waals surface area contributed by atoms with Gasteiger partial charge in [0.1, 0.15) is 5.02 Å². The molecule has 1 N–H and O–H groups in total. The van der Waals surface area contributed by atoms with Gasteiger partial charge in [0.15, 0.2) is 0 Å². The number of anilines is 1. The van der Waals surface area contributed by atoms with E-state index in [0.29, 0.717) is 5.69 Å². The van der Waals surface area contributed by atoms with Crippen LogP contribution in [0.4, 0.5) is 11.4 Å². The van der Waals surface area contributed by atoms with Gasteiger partial charge in [-0.3, -0.25) is 19.9 Å². The molecule has 2 rings (SSSR count). The number of benzene rings is 1. The number of carbonyl (C=O) groups excluding carboxylic acids is 1. The van der Waals surface area contributed by atoms with Crippen molar-refractivity contribution < 1.29 is 9.72 Å². The fourth-order valence-corrected chi connectivity index (χ4v) is 1.73. The highest BCUT2D eigenvalue weighted by Crippen LogP contribution is 2.25. The molecule has 0 aliphatic rings. The summed E-state index contributed by atoms with van der Waals surface area (Å²) in [6, 6.07) is 7.33. The van der Waals surface area contributed by atoms with Crippen LogP contribution in [-0.4, -0.2) is 15.8 Å². The molecule has 0 atom stereocenters. The number of carbonyl (C=O) groups is 1. The summed E-state index contributed by atoms with van der Waals surface area (Å²) in [4.78, 5) is 26.2. The van der Waals surface area contributed by atoms with E-state index in [9.17, 15) is 14.9 Å². The van der Waals surface area contributed by atoms with Crippen molar-refractivity contribution in [2.45, 2.75) is 6.92 Å². The van der Waals surface area contributed by atoms with Gasteiger partial charge in [0.25, 0.3) is 11.6 Å². The lowest BCUT2D eigenvalue weighted by atomic mass is 10.2. The fraction of sp³-hybridized carbons (Fsp3) is 0.0769. The molecule has 0 fully saturated rings. The van der Waals surface area contributed by atoms with Crippen molar-refractivity contribution in [3.05, 3.63) is 62.9 Å². The van der Waals surface area contributed by atoms with Gasteiger partial charge in [0, 0.05) is 17.3 Å². The van der Waals surface area contributed by atoms with Crippen LogP contribution >= 0.6 is 11.6 Å². The van der Waals surface area contributed by atoms with Crippen LogP contribution in [0.1, 0.15) is 16.1 Å². The van der Waals surface area contributed by atoms with Gasteiger partial charge < -0.3 is 5.32 Å². The Balaban J connectivity index is 2.23. The van der Waals surface area contributed by atoms with Gasteiger partial charge >= 0.3 is 0 Å². The van der Waals surface area contributed by atoms with Gasteiger partial charge in [0.05, 0.1) is 16.8 Å². The van der Waals surface area contributed by atoms with E-state index in [1.807, 2.05) is 6.92 Å². The number of hydrogen-bond acceptors (Lipinski definition) is 4. The maximum absolute atomic E-state index is 12.0. The van der Waals surface area contributed by atoms with Crippen molar-refractivity contribution >= 4 is 28.9 Å². The van der Waals surface area contributed by atoms with Crippen LogP contribution in [0.25, 0.3) is 0 Å². The molecule has 0 aliphatic carbocycles. The van der Waals surface area contributed by atoms with Gasteiger partial charge in [-0.05, 0) is 31.2 Å². The molecule has 0 aliphatic heterocycles. The van der Waals surface area contributed by atoms with Gasteiger partial charge in [0.2, 0.25) is 0 Å². The Morgan fingerprint density at radius 3 is 2.70 bits per heavy atom. The standard InChI is InChI=1S/C13H10ClN3O3/c1-8-2-4-10(7-15-8)16-13(18)9-3-5-11(14)12(6-9)17(19)20/h2-7H,1H3,(H,16,18). The Morgan fingerprint density at radius 1 is 1.35 bits per heavy atom. The molecule has 7 heteroatoms. The van der Waals surface area contributed by atoms with E-state index < -0.39 is 10.8 Å². The summed E-state index contributed by atoms with van der Waals surface area (Å²) in [5.74, 6) is -0.463. The summed E-state index contributed by atoms with van der Waals surface area (Å²) >= 11 is 5.69. The summed E-state index contributed by atoms with van der Waals surface area (Å²) < 4.78 is 0. The molecule has 0 saturated heterocycles. The third kappa shape index (κ3) is 3.10. The van der Waals surface area contributed by atoms with Crippen molar-refractivity contribution in [1.82, 2.24) is 4.98 Å². The molecule has 0 unspecified atom stereocenters. The first-order valence-electron chi connectivity index (χ1n) is 5.65. The molecule has 0 bridgehead atoms. The lowest BCUT2D eigenvalue weighted by Gasteiger charge is -2.05. The van der Waals surface area contributed by atoms with E-state index in [4.69, 9.17) is 11.6 Å². The van der Waals surface area contributed by atoms with Gasteiger partial charge in [-0.25, -0.2) is 0 Å². The van der Waals surface area contributed by atoms with Crippen LogP contribution in [0, 0.1) is 17.0 Å². The molecule has 6 nitrogen and oxygen atoms in total. The zero-order valence-electron chi connectivity index (χ0n) is 10.5. The zero-order valence-corrected chi connectivity index (χ0v) is 11.2. The number of hydrogen-bond donors (Lipinski definition) is 1. The molecule has 1 amide bonds. The fourth-order valence-electron chi connectivity index (χ4n) is 1.54. The van der Waals surface area contributed by atoms with E-state index >= 15 is 0 Å². The van der Waals surface area contributed by atoms with E-state index in [0.717, 1.165) is 11.8 Å². The number of nitrogens with one attached hydrogen (secondary N) is 1. The van der Waals surface area contributed by atoms with Gasteiger partial charge in [-0.15, -0.1) is 0 Å². The first kappa shape index (κ1) is 14.0. The molecule has 20 heavy (non-hydrogen) atoms. The average molecular weight is 292 g/mol. The first-order valence-corrected chi connectivity index (χ1v) is 6.03. The van der Waals surface area contributed by atoms with E-state index in [-0.39, 0.29) is 16.3 Å². The molecule has 1 heterocycles. The van der Waals surface area contributed by atoms with E-state index in [1.54, 1.807) is 12.1 Å². The van der Waals surface area contributed by atoms with Crippen LogP contribution in [0.15, 0.2) is 36.5 Å². The summed E-state index contributed by atoms with van der Waals surface area (Å²) in [5, 5.41) is 13.4. The number of rotatable bonds is 3. The van der Waals surface area contributed by atoms with Crippen LogP contribution in [0.3, 0.4) is 0 Å². The van der Waals surface area contributed by atoms with Crippen LogP contribution < -0.4 is 5.32 Å². The lowest BCUT2D eigenvalue weighted by Crippen LogP contribution is -2.12. The number of amides is 1. The minimum atomic E-state index is -0.632. The predicted molar refractivity (Wildman–Crippen MR) is 75.0 cm³/mol. The van der Waals surface area contributed by atoms with Crippen molar-refractivity contribution in [3.63, 3.8) is 0 Å². The highest BCUT2D eigenvalue weighted by atomic mass is 35.5. The Morgan fingerprint density at radius 2 is 2.10 bits per heavy atom. The smallest absolute Gasteiger partial charge is 0.288 e. The maximum Gasteiger partial charge on any atom is 0.288 e. The number of nitro groups is 1. The van der Waals surface area contributed by atoms with Crippen LogP contribution in [0.2, 0.25) is 5.02 Å². The normalized spacial score (nSPS) is 10.1. The molecule has 1 aromatic heterocycles. The number of aryl methyl sites for hydroxylation is 1. The summed E-state index contributed by atoms with van der Waals surface area (Å²) in [6.07, 6.45) is 1.51. The van der Waals surface area contributed by atoms with Crippen molar-refractivity contribution in [2.24, 2.45) is 0 Å². The molecular formula is C13H10ClN3O3. The minimum Gasteiger partial charge on any atom is -0.321 e. The predicted octanol–water partition coefficient (Wildman–Crippen LogP) is 3.20. The zero-order chi connectivity index (χ0) is 14.7. The Hall–Kier alpha value is -2.47. The second kappa shape index (κ2) is 5.66. The van der Waals surface area contributed by atoms with E-state index in [1.165, 1.54) is 18.3 Å². The van der Waals surface area contributed by atoms with Crippen LogP contribution in [0.5, 0.6) is 0 Å². The van der Waals surface area contributed by atoms with Crippen molar-refractivity contribution in [2.75, 3.05) is 5.32 Å². The van der Waals surface area contributed by atoms with Gasteiger partial charge in [-0.1, -0.05) is 11.6 Å². The second-order valence-electron chi connectivity index (χ2n) is 4.07. The molecule has 0 spiro atoms. The summed E-state index contributed by atoms with van der Waals surface area (Å²) in [6.45, 7) is 1.83. The maximum atomic E-state index is 12.0. The summed E-state index contributed by atoms with van der Waals surface area (Å²) in [5.41, 5.74) is 1.19. The highest BCUT2D eigenvalue weighted by molar-refractivity contribution is 6.32. The Bertz CT molecular complexity index is 671. The summed E-state index contributed by atoms with van der Waals surface area (Å²) in [7, 11) is 0. The Labute approximate surface area is 119 Å².